The molecule has 0 amide bonds. The third kappa shape index (κ3) is 0.673. The van der Waals surface area contributed by atoms with E-state index in [2.05, 4.69) is 9.97 Å². The summed E-state index contributed by atoms with van der Waals surface area (Å²) in [4.78, 5) is 6.14. The zero-order valence-electron chi connectivity index (χ0n) is 7.46. The molecule has 0 saturated heterocycles. The lowest BCUT2D eigenvalue weighted by Crippen LogP contribution is -2.44. The van der Waals surface area contributed by atoms with Crippen LogP contribution in [0.15, 0.2) is 18.3 Å². The molecule has 3 rings (SSSR count). The van der Waals surface area contributed by atoms with Crippen LogP contribution in [0.2, 0.25) is 0 Å². The second-order valence-electron chi connectivity index (χ2n) is 3.65. The predicted octanol–water partition coefficient (Wildman–Crippen LogP) is 0.0239. The first kappa shape index (κ1) is 7.66. The van der Waals surface area contributed by atoms with Crippen LogP contribution in [0.3, 0.4) is 0 Å². The predicted molar refractivity (Wildman–Crippen MR) is 54.1 cm³/mol. The van der Waals surface area contributed by atoms with Gasteiger partial charge < -0.3 is 27.2 Å². The molecule has 0 saturated carbocycles. The molecule has 0 radical (unpaired) electrons. The second-order valence-corrected chi connectivity index (χ2v) is 3.65. The molecule has 0 fully saturated rings. The van der Waals surface area contributed by atoms with E-state index in [1.54, 1.807) is 6.07 Å². The van der Waals surface area contributed by atoms with Crippen LogP contribution in [0.1, 0.15) is 11.1 Å². The lowest BCUT2D eigenvalue weighted by molar-refractivity contribution is 0.586. The van der Waals surface area contributed by atoms with E-state index in [1.807, 2.05) is 12.3 Å². The van der Waals surface area contributed by atoms with E-state index >= 15 is 0 Å². The van der Waals surface area contributed by atoms with E-state index in [0.717, 1.165) is 22.5 Å². The molecule has 2 aromatic rings. The quantitative estimate of drug-likeness (QED) is 0.377. The summed E-state index contributed by atoms with van der Waals surface area (Å²) in [6.45, 7) is 0. The summed E-state index contributed by atoms with van der Waals surface area (Å²) >= 11 is 0. The highest BCUT2D eigenvalue weighted by Crippen LogP contribution is 2.42. The maximum absolute atomic E-state index is 6.04. The zero-order chi connectivity index (χ0) is 9.92. The van der Waals surface area contributed by atoms with Gasteiger partial charge in [0.25, 0.3) is 0 Å². The van der Waals surface area contributed by atoms with Gasteiger partial charge in [-0.2, -0.15) is 0 Å². The number of nitrogen functional groups attached to an aromatic ring is 1. The number of rotatable bonds is 0. The molecule has 0 unspecified atom stereocenters. The summed E-state index contributed by atoms with van der Waals surface area (Å²) in [5.74, 6) is 0.579. The molecule has 2 heterocycles. The second kappa shape index (κ2) is 2.02. The van der Waals surface area contributed by atoms with Crippen molar-refractivity contribution >= 4 is 5.82 Å². The van der Waals surface area contributed by atoms with Crippen molar-refractivity contribution in [2.24, 2.45) is 11.5 Å². The Morgan fingerprint density at radius 2 is 1.93 bits per heavy atom. The van der Waals surface area contributed by atoms with Crippen molar-refractivity contribution in [3.05, 3.63) is 29.5 Å². The lowest BCUT2D eigenvalue weighted by Gasteiger charge is -2.18. The van der Waals surface area contributed by atoms with Gasteiger partial charge in [0.1, 0.15) is 11.5 Å². The lowest BCUT2D eigenvalue weighted by atomic mass is 10.0. The van der Waals surface area contributed by atoms with E-state index in [-0.39, 0.29) is 0 Å². The Kier molecular flexibility index (Phi) is 1.11. The molecular weight excluding hydrogens is 178 g/mol. The van der Waals surface area contributed by atoms with Crippen molar-refractivity contribution in [2.75, 3.05) is 5.73 Å². The summed E-state index contributed by atoms with van der Waals surface area (Å²) in [7, 11) is 0. The number of fused-ring (bicyclic) bond motifs is 3. The average Bonchev–Trinajstić information content (AvgIpc) is 2.70. The van der Waals surface area contributed by atoms with Gasteiger partial charge in [-0.05, 0) is 12.1 Å². The Bertz CT molecular complexity index is 505. The normalized spacial score (nSPS) is 16.7. The van der Waals surface area contributed by atoms with Gasteiger partial charge in [-0.3, -0.25) is 0 Å². The molecule has 5 nitrogen and oxygen atoms in total. The Balaban J connectivity index is 2.40. The fourth-order valence-electron chi connectivity index (χ4n) is 2.06. The average molecular weight is 189 g/mol. The Morgan fingerprint density at radius 3 is 2.71 bits per heavy atom. The summed E-state index contributed by atoms with van der Waals surface area (Å²) in [6.07, 6.45) is 1.82. The summed E-state index contributed by atoms with van der Waals surface area (Å²) in [5.41, 5.74) is 20.4. The van der Waals surface area contributed by atoms with E-state index in [0.29, 0.717) is 5.82 Å². The standard InChI is InChI=1S/C9H11N5/c10-6-3-5-8(14-6)7-4(1-2-13-7)9(5,11)12/h1-3,13-14H,10-12H2. The van der Waals surface area contributed by atoms with Gasteiger partial charge in [-0.25, -0.2) is 0 Å². The third-order valence-electron chi connectivity index (χ3n) is 2.73. The number of aromatic nitrogens is 2. The number of hydrogen-bond donors (Lipinski definition) is 5. The monoisotopic (exact) mass is 189 g/mol. The van der Waals surface area contributed by atoms with E-state index < -0.39 is 5.66 Å². The molecular formula is C9H11N5. The summed E-state index contributed by atoms with van der Waals surface area (Å²) in [5, 5.41) is 0. The van der Waals surface area contributed by atoms with Crippen LogP contribution in [-0.2, 0) is 5.66 Å². The molecule has 2 aromatic heterocycles. The molecule has 1 aliphatic carbocycles. The minimum Gasteiger partial charge on any atom is -0.385 e. The number of aromatic amines is 2. The number of nitrogens with one attached hydrogen (secondary N) is 2. The van der Waals surface area contributed by atoms with Crippen LogP contribution in [0.25, 0.3) is 11.4 Å². The topological polar surface area (TPSA) is 110 Å². The first-order valence-electron chi connectivity index (χ1n) is 4.35. The number of nitrogens with two attached hydrogens (primary N) is 3. The number of H-pyrrole nitrogens is 2. The maximum Gasteiger partial charge on any atom is 0.121 e. The van der Waals surface area contributed by atoms with Crippen LogP contribution in [-0.4, -0.2) is 9.97 Å². The Labute approximate surface area is 80.3 Å². The highest BCUT2D eigenvalue weighted by molar-refractivity contribution is 5.77. The van der Waals surface area contributed by atoms with Crippen LogP contribution >= 0.6 is 0 Å². The van der Waals surface area contributed by atoms with Crippen LogP contribution < -0.4 is 17.2 Å². The SMILES string of the molecule is Nc1cc2c([nH]1)-c1[nH]ccc1C2(N)N. The minimum atomic E-state index is -0.932. The van der Waals surface area contributed by atoms with Gasteiger partial charge in [0.2, 0.25) is 0 Å². The van der Waals surface area contributed by atoms with Gasteiger partial charge in [-0.1, -0.05) is 0 Å². The first-order chi connectivity index (χ1) is 6.60. The fourth-order valence-corrected chi connectivity index (χ4v) is 2.06. The van der Waals surface area contributed by atoms with Crippen molar-refractivity contribution in [3.8, 4) is 11.4 Å². The van der Waals surface area contributed by atoms with E-state index in [1.165, 1.54) is 0 Å². The van der Waals surface area contributed by atoms with Crippen molar-refractivity contribution in [1.29, 1.82) is 0 Å². The third-order valence-corrected chi connectivity index (χ3v) is 2.73. The van der Waals surface area contributed by atoms with Gasteiger partial charge >= 0.3 is 0 Å². The van der Waals surface area contributed by atoms with Crippen LogP contribution in [0, 0.1) is 0 Å². The van der Waals surface area contributed by atoms with Crippen LogP contribution in [0.4, 0.5) is 5.82 Å². The molecule has 1 aliphatic rings. The van der Waals surface area contributed by atoms with Crippen LogP contribution in [0.5, 0.6) is 0 Å². The number of hydrogen-bond acceptors (Lipinski definition) is 3. The smallest absolute Gasteiger partial charge is 0.121 e. The van der Waals surface area contributed by atoms with Gasteiger partial charge in [0.05, 0.1) is 11.4 Å². The molecule has 72 valence electrons. The van der Waals surface area contributed by atoms with Gasteiger partial charge in [0, 0.05) is 17.3 Å². The fraction of sp³-hybridized carbons (Fsp3) is 0.111. The minimum absolute atomic E-state index is 0.579. The largest absolute Gasteiger partial charge is 0.385 e. The molecule has 0 aliphatic heterocycles. The number of anilines is 1. The van der Waals surface area contributed by atoms with Gasteiger partial charge in [0.15, 0.2) is 0 Å². The molecule has 0 aromatic carbocycles. The van der Waals surface area contributed by atoms with Crippen molar-refractivity contribution in [3.63, 3.8) is 0 Å². The zero-order valence-corrected chi connectivity index (χ0v) is 7.46. The highest BCUT2D eigenvalue weighted by Gasteiger charge is 2.39. The molecule has 0 spiro atoms. The Morgan fingerprint density at radius 1 is 1.14 bits per heavy atom. The van der Waals surface area contributed by atoms with Crippen molar-refractivity contribution < 1.29 is 0 Å². The maximum atomic E-state index is 6.04. The molecule has 0 atom stereocenters. The van der Waals surface area contributed by atoms with E-state index in [9.17, 15) is 0 Å². The van der Waals surface area contributed by atoms with E-state index in [4.69, 9.17) is 17.2 Å². The van der Waals surface area contributed by atoms with Gasteiger partial charge in [-0.15, -0.1) is 0 Å². The first-order valence-corrected chi connectivity index (χ1v) is 4.35. The molecule has 5 heteroatoms. The highest BCUT2D eigenvalue weighted by atomic mass is 15.0. The summed E-state index contributed by atoms with van der Waals surface area (Å²) in [6, 6.07) is 3.67. The summed E-state index contributed by atoms with van der Waals surface area (Å²) < 4.78 is 0. The molecule has 0 bridgehead atoms. The van der Waals surface area contributed by atoms with Crippen molar-refractivity contribution in [2.45, 2.75) is 5.66 Å². The molecule has 8 N–H and O–H groups in total. The molecule has 14 heavy (non-hydrogen) atoms. The Hall–Kier alpha value is -1.72. The van der Waals surface area contributed by atoms with Crippen molar-refractivity contribution in [1.82, 2.24) is 9.97 Å².